The number of nitrogens with one attached hydrogen (secondary N) is 1. The van der Waals surface area contributed by atoms with Crippen LogP contribution >= 0.6 is 11.3 Å². The molecule has 0 aromatic carbocycles. The van der Waals surface area contributed by atoms with E-state index in [2.05, 4.69) is 0 Å². The highest BCUT2D eigenvalue weighted by Gasteiger charge is 2.65. The number of halogens is 6. The van der Waals surface area contributed by atoms with Gasteiger partial charge in [-0.05, 0) is 18.4 Å². The largest absolute Gasteiger partial charge is 0.404 e. The number of thiophene rings is 1. The van der Waals surface area contributed by atoms with Crippen molar-refractivity contribution in [2.45, 2.75) is 29.9 Å². The summed E-state index contributed by atoms with van der Waals surface area (Å²) in [6.07, 6.45) is -11.8. The van der Waals surface area contributed by atoms with Crippen LogP contribution in [0.15, 0.2) is 21.7 Å². The Morgan fingerprint density at radius 2 is 1.67 bits per heavy atom. The standard InChI is InChI=1S/C9H9F6NO3S2/c1-7(17,6(8(10,11)12)9(13,14)15)16-21(18,19)5-2-3-20-4-5/h2-4,6,16-17H,1H3. The van der Waals surface area contributed by atoms with Crippen LogP contribution in [0.25, 0.3) is 0 Å². The van der Waals surface area contributed by atoms with E-state index < -0.39 is 38.9 Å². The molecule has 1 atom stereocenters. The van der Waals surface area contributed by atoms with Crippen LogP contribution < -0.4 is 4.72 Å². The van der Waals surface area contributed by atoms with Crippen molar-refractivity contribution >= 4 is 21.4 Å². The van der Waals surface area contributed by atoms with Crippen molar-refractivity contribution in [2.75, 3.05) is 0 Å². The quantitative estimate of drug-likeness (QED) is 0.643. The number of hydrogen-bond acceptors (Lipinski definition) is 4. The third kappa shape index (κ3) is 4.31. The molecule has 12 heteroatoms. The van der Waals surface area contributed by atoms with Crippen molar-refractivity contribution in [3.05, 3.63) is 16.8 Å². The lowest BCUT2D eigenvalue weighted by molar-refractivity contribution is -0.326. The van der Waals surface area contributed by atoms with Gasteiger partial charge >= 0.3 is 12.4 Å². The Morgan fingerprint density at radius 3 is 2.00 bits per heavy atom. The smallest absolute Gasteiger partial charge is 0.374 e. The minimum atomic E-state index is -5.89. The molecular weight excluding hydrogens is 348 g/mol. The summed E-state index contributed by atoms with van der Waals surface area (Å²) >= 11 is 0.867. The van der Waals surface area contributed by atoms with Crippen molar-refractivity contribution in [1.29, 1.82) is 0 Å². The molecule has 4 nitrogen and oxygen atoms in total. The van der Waals surface area contributed by atoms with Gasteiger partial charge in [-0.1, -0.05) is 0 Å². The topological polar surface area (TPSA) is 66.4 Å². The summed E-state index contributed by atoms with van der Waals surface area (Å²) < 4.78 is 99.5. The Hall–Kier alpha value is -0.850. The molecule has 1 rings (SSSR count). The molecule has 0 amide bonds. The highest BCUT2D eigenvalue weighted by Crippen LogP contribution is 2.45. The van der Waals surface area contributed by atoms with Crippen molar-refractivity contribution in [1.82, 2.24) is 4.72 Å². The third-order valence-electron chi connectivity index (χ3n) is 2.36. The average Bonchev–Trinajstić information content (AvgIpc) is 2.60. The molecule has 0 aliphatic rings. The van der Waals surface area contributed by atoms with Crippen LogP contribution in [0.2, 0.25) is 0 Å². The Balaban J connectivity index is 3.20. The number of sulfonamides is 1. The molecule has 0 spiro atoms. The molecular formula is C9H9F6NO3S2. The predicted octanol–water partition coefficient (Wildman–Crippen LogP) is 2.48. The number of hydrogen-bond donors (Lipinski definition) is 2. The summed E-state index contributed by atoms with van der Waals surface area (Å²) in [5.41, 5.74) is -3.79. The van der Waals surface area contributed by atoms with Crippen LogP contribution in [0, 0.1) is 5.92 Å². The van der Waals surface area contributed by atoms with Crippen molar-refractivity contribution in [2.24, 2.45) is 5.92 Å². The number of aliphatic hydroxyl groups is 1. The minimum absolute atomic E-state index is 0.0998. The van der Waals surface area contributed by atoms with Gasteiger partial charge in [-0.2, -0.15) is 42.4 Å². The van der Waals surface area contributed by atoms with Crippen molar-refractivity contribution in [3.63, 3.8) is 0 Å². The summed E-state index contributed by atoms with van der Waals surface area (Å²) in [6.45, 7) is 0.0998. The zero-order valence-electron chi connectivity index (χ0n) is 10.2. The molecule has 1 heterocycles. The van der Waals surface area contributed by atoms with Gasteiger partial charge in [0.2, 0.25) is 10.0 Å². The maximum absolute atomic E-state index is 12.5. The lowest BCUT2D eigenvalue weighted by atomic mass is 9.97. The molecule has 1 aromatic heterocycles. The fourth-order valence-electron chi connectivity index (χ4n) is 1.62. The van der Waals surface area contributed by atoms with Crippen LogP contribution in [0.1, 0.15) is 6.92 Å². The molecule has 0 saturated heterocycles. The van der Waals surface area contributed by atoms with Crippen LogP contribution in [0.4, 0.5) is 26.3 Å². The van der Waals surface area contributed by atoms with Crippen molar-refractivity contribution in [3.8, 4) is 0 Å². The van der Waals surface area contributed by atoms with E-state index in [-0.39, 0.29) is 6.92 Å². The van der Waals surface area contributed by atoms with E-state index in [1.807, 2.05) is 0 Å². The van der Waals surface area contributed by atoms with Gasteiger partial charge in [-0.15, -0.1) is 0 Å². The predicted molar refractivity (Wildman–Crippen MR) is 60.9 cm³/mol. The fourth-order valence-corrected chi connectivity index (χ4v) is 3.92. The summed E-state index contributed by atoms with van der Waals surface area (Å²) in [4.78, 5) is -0.545. The molecule has 0 bridgehead atoms. The number of rotatable bonds is 4. The molecule has 0 aliphatic carbocycles. The maximum Gasteiger partial charge on any atom is 0.404 e. The van der Waals surface area contributed by atoms with E-state index in [1.165, 1.54) is 5.38 Å². The van der Waals surface area contributed by atoms with Gasteiger partial charge < -0.3 is 5.11 Å². The van der Waals surface area contributed by atoms with Gasteiger partial charge in [0.25, 0.3) is 0 Å². The maximum atomic E-state index is 12.5. The zero-order valence-corrected chi connectivity index (χ0v) is 11.8. The lowest BCUT2D eigenvalue weighted by Crippen LogP contribution is -2.60. The van der Waals surface area contributed by atoms with Gasteiger partial charge in [0, 0.05) is 5.38 Å². The highest BCUT2D eigenvalue weighted by molar-refractivity contribution is 7.89. The van der Waals surface area contributed by atoms with Gasteiger partial charge in [0.15, 0.2) is 5.92 Å². The SMILES string of the molecule is CC(O)(NS(=O)(=O)c1ccsc1)C(C(F)(F)F)C(F)(F)F. The van der Waals surface area contributed by atoms with Crippen LogP contribution in [-0.4, -0.2) is 31.6 Å². The van der Waals surface area contributed by atoms with E-state index in [0.717, 1.165) is 27.5 Å². The summed E-state index contributed by atoms with van der Waals surface area (Å²) in [5, 5.41) is 11.7. The van der Waals surface area contributed by atoms with Gasteiger partial charge in [0.05, 0.1) is 4.90 Å². The van der Waals surface area contributed by atoms with Gasteiger partial charge in [-0.25, -0.2) is 8.42 Å². The molecule has 1 aromatic rings. The first-order valence-corrected chi connectivity index (χ1v) is 7.52. The normalized spacial score (nSPS) is 17.0. The van der Waals surface area contributed by atoms with Crippen LogP contribution in [0.5, 0.6) is 0 Å². The van der Waals surface area contributed by atoms with Crippen molar-refractivity contribution < 1.29 is 39.9 Å². The first-order valence-electron chi connectivity index (χ1n) is 5.10. The summed E-state index contributed by atoms with van der Waals surface area (Å²) in [5.74, 6) is -4.27. The highest BCUT2D eigenvalue weighted by atomic mass is 32.2. The van der Waals surface area contributed by atoms with Gasteiger partial charge in [-0.3, -0.25) is 0 Å². The average molecular weight is 357 g/mol. The summed E-state index contributed by atoms with van der Waals surface area (Å²) in [7, 11) is -4.73. The first-order chi connectivity index (χ1) is 9.18. The first kappa shape index (κ1) is 18.2. The fraction of sp³-hybridized carbons (Fsp3) is 0.556. The van der Waals surface area contributed by atoms with E-state index in [1.54, 1.807) is 0 Å². The molecule has 0 saturated carbocycles. The molecule has 0 radical (unpaired) electrons. The van der Waals surface area contributed by atoms with E-state index in [4.69, 9.17) is 0 Å². The molecule has 0 aliphatic heterocycles. The van der Waals surface area contributed by atoms with Crippen LogP contribution in [-0.2, 0) is 10.0 Å². The summed E-state index contributed by atoms with van der Waals surface area (Å²) in [6, 6.07) is 0.971. The van der Waals surface area contributed by atoms with Crippen LogP contribution in [0.3, 0.4) is 0 Å². The van der Waals surface area contributed by atoms with E-state index in [9.17, 15) is 39.9 Å². The molecule has 21 heavy (non-hydrogen) atoms. The number of alkyl halides is 6. The van der Waals surface area contributed by atoms with E-state index >= 15 is 0 Å². The zero-order chi connectivity index (χ0) is 16.7. The van der Waals surface area contributed by atoms with E-state index in [0.29, 0.717) is 0 Å². The molecule has 2 N–H and O–H groups in total. The lowest BCUT2D eigenvalue weighted by Gasteiger charge is -2.35. The monoisotopic (exact) mass is 357 g/mol. The minimum Gasteiger partial charge on any atom is -0.374 e. The Morgan fingerprint density at radius 1 is 1.19 bits per heavy atom. The second-order valence-corrected chi connectivity index (χ2v) is 6.69. The Labute approximate surface area is 119 Å². The third-order valence-corrected chi connectivity index (χ3v) is 4.75. The second-order valence-electron chi connectivity index (χ2n) is 4.23. The Kier molecular flexibility index (Phi) is 4.69. The van der Waals surface area contributed by atoms with Gasteiger partial charge in [0.1, 0.15) is 5.72 Å². The molecule has 0 fully saturated rings. The molecule has 122 valence electrons. The Bertz CT molecular complexity index is 562. The molecule has 1 unspecified atom stereocenters. The second kappa shape index (κ2) is 5.41.